The van der Waals surface area contributed by atoms with Crippen LogP contribution in [0.15, 0.2) is 12.1 Å². The van der Waals surface area contributed by atoms with E-state index in [4.69, 9.17) is 21.1 Å². The Morgan fingerprint density at radius 3 is 2.38 bits per heavy atom. The lowest BCUT2D eigenvalue weighted by molar-refractivity contribution is -0.110. The lowest BCUT2D eigenvalue weighted by Gasteiger charge is -2.47. The number of rotatable bonds is 1. The molecule has 9 heteroatoms. The first kappa shape index (κ1) is 25.1. The van der Waals surface area contributed by atoms with Crippen molar-refractivity contribution < 1.29 is 24.2 Å². The summed E-state index contributed by atoms with van der Waals surface area (Å²) in [6.07, 6.45) is -0.654. The van der Waals surface area contributed by atoms with E-state index in [9.17, 15) is 14.7 Å². The van der Waals surface area contributed by atoms with Crippen molar-refractivity contribution in [3.8, 4) is 0 Å². The zero-order valence-corrected chi connectivity index (χ0v) is 21.5. The number of hydrogen-bond acceptors (Lipinski definition) is 4. The maximum atomic E-state index is 13.4. The number of amides is 3. The SMILES string of the molecule is CC1CN(C(=O)N2CCc3cc(Cl)cc([C@@H]4C(C(C)(C)C)OCCN4C(=O)O)c3C2)CC(C)O1. The van der Waals surface area contributed by atoms with Crippen LogP contribution in [0.5, 0.6) is 0 Å². The second kappa shape index (κ2) is 9.55. The van der Waals surface area contributed by atoms with Crippen LogP contribution in [0.1, 0.15) is 57.4 Å². The Bertz CT molecular complexity index is 939. The molecule has 2 fully saturated rings. The van der Waals surface area contributed by atoms with Gasteiger partial charge in [-0.25, -0.2) is 9.59 Å². The third-order valence-corrected chi connectivity index (χ3v) is 7.19. The van der Waals surface area contributed by atoms with E-state index < -0.39 is 12.1 Å². The van der Waals surface area contributed by atoms with Gasteiger partial charge in [-0.05, 0) is 54.5 Å². The molecule has 0 saturated carbocycles. The first-order valence-electron chi connectivity index (χ1n) is 12.1. The number of halogens is 1. The van der Waals surface area contributed by atoms with Crippen LogP contribution in [0.4, 0.5) is 9.59 Å². The first-order chi connectivity index (χ1) is 16.0. The van der Waals surface area contributed by atoms with Gasteiger partial charge in [-0.15, -0.1) is 0 Å². The summed E-state index contributed by atoms with van der Waals surface area (Å²) in [5.74, 6) is 0. The molecule has 188 valence electrons. The second-order valence-corrected chi connectivity index (χ2v) is 11.3. The Kier molecular flexibility index (Phi) is 7.04. The summed E-state index contributed by atoms with van der Waals surface area (Å²) in [5, 5.41) is 10.6. The molecule has 1 aromatic rings. The molecule has 0 aliphatic carbocycles. The average Bonchev–Trinajstić information content (AvgIpc) is 2.76. The molecule has 0 bridgehead atoms. The highest BCUT2D eigenvalue weighted by Crippen LogP contribution is 2.43. The van der Waals surface area contributed by atoms with Crippen molar-refractivity contribution in [1.82, 2.24) is 14.7 Å². The smallest absolute Gasteiger partial charge is 0.407 e. The van der Waals surface area contributed by atoms with Gasteiger partial charge in [0.25, 0.3) is 0 Å². The summed E-state index contributed by atoms with van der Waals surface area (Å²) in [4.78, 5) is 30.9. The molecule has 0 radical (unpaired) electrons. The van der Waals surface area contributed by atoms with Crippen molar-refractivity contribution in [2.45, 2.75) is 71.9 Å². The second-order valence-electron chi connectivity index (χ2n) is 10.8. The van der Waals surface area contributed by atoms with Crippen molar-refractivity contribution in [1.29, 1.82) is 0 Å². The third kappa shape index (κ3) is 4.99. The average molecular weight is 494 g/mol. The minimum Gasteiger partial charge on any atom is -0.465 e. The lowest BCUT2D eigenvalue weighted by atomic mass is 9.78. The van der Waals surface area contributed by atoms with E-state index in [0.29, 0.717) is 50.8 Å². The zero-order valence-electron chi connectivity index (χ0n) is 20.7. The summed E-state index contributed by atoms with van der Waals surface area (Å²) < 4.78 is 12.0. The fourth-order valence-electron chi connectivity index (χ4n) is 5.56. The minimum atomic E-state index is -0.976. The van der Waals surface area contributed by atoms with Gasteiger partial charge in [-0.3, -0.25) is 4.90 Å². The van der Waals surface area contributed by atoms with Crippen LogP contribution >= 0.6 is 11.6 Å². The van der Waals surface area contributed by atoms with Crippen molar-refractivity contribution in [3.63, 3.8) is 0 Å². The Morgan fingerprint density at radius 2 is 1.76 bits per heavy atom. The topological polar surface area (TPSA) is 82.6 Å². The van der Waals surface area contributed by atoms with Gasteiger partial charge >= 0.3 is 12.1 Å². The number of carbonyl (C=O) groups excluding carboxylic acids is 1. The molecule has 1 aromatic carbocycles. The number of urea groups is 1. The van der Waals surface area contributed by atoms with Gasteiger partial charge < -0.3 is 24.4 Å². The predicted octanol–water partition coefficient (Wildman–Crippen LogP) is 4.39. The highest BCUT2D eigenvalue weighted by Gasteiger charge is 2.44. The summed E-state index contributed by atoms with van der Waals surface area (Å²) in [5.41, 5.74) is 2.59. The number of fused-ring (bicyclic) bond motifs is 1. The molecule has 0 aromatic heterocycles. The fourth-order valence-corrected chi connectivity index (χ4v) is 5.81. The molecule has 3 aliphatic heterocycles. The Balaban J connectivity index is 1.70. The van der Waals surface area contributed by atoms with E-state index in [1.54, 1.807) is 0 Å². The van der Waals surface area contributed by atoms with Crippen LogP contribution in [0.3, 0.4) is 0 Å². The van der Waals surface area contributed by atoms with Crippen molar-refractivity contribution >= 4 is 23.7 Å². The van der Waals surface area contributed by atoms with E-state index >= 15 is 0 Å². The number of ether oxygens (including phenoxy) is 2. The first-order valence-corrected chi connectivity index (χ1v) is 12.4. The van der Waals surface area contributed by atoms with E-state index in [0.717, 1.165) is 16.7 Å². The maximum Gasteiger partial charge on any atom is 0.407 e. The minimum absolute atomic E-state index is 0.00379. The van der Waals surface area contributed by atoms with Gasteiger partial charge in [-0.1, -0.05) is 32.4 Å². The number of carboxylic acid groups (broad SMARTS) is 1. The fraction of sp³-hybridized carbons (Fsp3) is 0.680. The summed E-state index contributed by atoms with van der Waals surface area (Å²) in [6.45, 7) is 12.9. The molecule has 8 nitrogen and oxygen atoms in total. The van der Waals surface area contributed by atoms with E-state index in [2.05, 4.69) is 20.8 Å². The van der Waals surface area contributed by atoms with E-state index in [-0.39, 0.29) is 29.8 Å². The summed E-state index contributed by atoms with van der Waals surface area (Å²) in [6, 6.07) is 3.30. The van der Waals surface area contributed by atoms with Crippen molar-refractivity contribution in [2.24, 2.45) is 5.41 Å². The normalized spacial score (nSPS) is 28.0. The number of nitrogens with zero attached hydrogens (tertiary/aromatic N) is 3. The largest absolute Gasteiger partial charge is 0.465 e. The molecule has 0 spiro atoms. The van der Waals surface area contributed by atoms with Gasteiger partial charge in [0, 0.05) is 37.7 Å². The monoisotopic (exact) mass is 493 g/mol. The van der Waals surface area contributed by atoms with Crippen LogP contribution < -0.4 is 0 Å². The van der Waals surface area contributed by atoms with Gasteiger partial charge in [0.2, 0.25) is 0 Å². The molecular weight excluding hydrogens is 458 g/mol. The molecule has 3 aliphatic rings. The Morgan fingerprint density at radius 1 is 1.09 bits per heavy atom. The molecule has 2 saturated heterocycles. The zero-order chi connectivity index (χ0) is 24.8. The molecular formula is C25H36ClN3O5. The predicted molar refractivity (Wildman–Crippen MR) is 129 cm³/mol. The van der Waals surface area contributed by atoms with Crippen LogP contribution in [0.25, 0.3) is 0 Å². The number of carbonyl (C=O) groups is 2. The van der Waals surface area contributed by atoms with Gasteiger partial charge in [-0.2, -0.15) is 0 Å². The summed E-state index contributed by atoms with van der Waals surface area (Å²) in [7, 11) is 0. The van der Waals surface area contributed by atoms with Crippen LogP contribution in [0, 0.1) is 5.41 Å². The lowest BCUT2D eigenvalue weighted by Crippen LogP contribution is -2.54. The van der Waals surface area contributed by atoms with E-state index in [1.807, 2.05) is 35.8 Å². The summed E-state index contributed by atoms with van der Waals surface area (Å²) >= 11 is 6.53. The maximum absolute atomic E-state index is 13.4. The molecule has 4 atom stereocenters. The third-order valence-electron chi connectivity index (χ3n) is 6.97. The molecule has 3 amide bonds. The van der Waals surface area contributed by atoms with Gasteiger partial charge in [0.05, 0.1) is 31.0 Å². The van der Waals surface area contributed by atoms with Gasteiger partial charge in [0.1, 0.15) is 0 Å². The molecule has 34 heavy (non-hydrogen) atoms. The Hall–Kier alpha value is -2.03. The standard InChI is InChI=1S/C25H36ClN3O5/c1-15-12-28(13-16(2)34-15)23(30)27-7-6-17-10-18(26)11-19(20(17)14-27)21-22(25(3,4)5)33-9-8-29(21)24(31)32/h10-11,15-16,21-22H,6-9,12-14H2,1-5H3,(H,31,32)/t15?,16?,21-,22?/m1/s1. The number of hydrogen-bond donors (Lipinski definition) is 1. The van der Waals surface area contributed by atoms with Crippen molar-refractivity contribution in [3.05, 3.63) is 33.8 Å². The highest BCUT2D eigenvalue weighted by molar-refractivity contribution is 6.30. The number of morpholine rings is 2. The number of benzene rings is 1. The van der Waals surface area contributed by atoms with Crippen molar-refractivity contribution in [2.75, 3.05) is 32.8 Å². The molecule has 1 N–H and O–H groups in total. The Labute approximate surface area is 206 Å². The van der Waals surface area contributed by atoms with E-state index in [1.165, 1.54) is 4.90 Å². The van der Waals surface area contributed by atoms with Crippen LogP contribution in [-0.2, 0) is 22.4 Å². The van der Waals surface area contributed by atoms with Crippen LogP contribution in [0.2, 0.25) is 5.02 Å². The molecule has 4 rings (SSSR count). The molecule has 3 heterocycles. The molecule has 3 unspecified atom stereocenters. The van der Waals surface area contributed by atoms with Crippen LogP contribution in [-0.4, -0.2) is 83.0 Å². The highest BCUT2D eigenvalue weighted by atomic mass is 35.5. The van der Waals surface area contributed by atoms with Gasteiger partial charge in [0.15, 0.2) is 0 Å². The quantitative estimate of drug-likeness (QED) is 0.627.